The summed E-state index contributed by atoms with van der Waals surface area (Å²) in [5, 5.41) is 0. The SMILES string of the molecule is CCCN1CCN(Cc2cccnc2)C[C@H](Cc2cccc(-c3cccnc3)c2)C1=O. The summed E-state index contributed by atoms with van der Waals surface area (Å²) >= 11 is 0. The first-order valence-electron chi connectivity index (χ1n) is 11.1. The van der Waals surface area contributed by atoms with E-state index in [2.05, 4.69) is 63.1 Å². The van der Waals surface area contributed by atoms with Crippen LogP contribution in [0.25, 0.3) is 11.1 Å². The van der Waals surface area contributed by atoms with E-state index in [1.807, 2.05) is 24.5 Å². The van der Waals surface area contributed by atoms with Crippen LogP contribution in [-0.4, -0.2) is 51.9 Å². The first kappa shape index (κ1) is 21.2. The molecule has 1 saturated heterocycles. The maximum atomic E-state index is 13.4. The molecule has 2 aromatic heterocycles. The van der Waals surface area contributed by atoms with E-state index in [0.717, 1.165) is 56.7 Å². The number of rotatable bonds is 7. The first-order valence-corrected chi connectivity index (χ1v) is 11.1. The van der Waals surface area contributed by atoms with Crippen LogP contribution in [0.2, 0.25) is 0 Å². The molecule has 3 aromatic rings. The van der Waals surface area contributed by atoms with Gasteiger partial charge in [-0.05, 0) is 47.2 Å². The van der Waals surface area contributed by atoms with Crippen molar-refractivity contribution in [1.29, 1.82) is 0 Å². The van der Waals surface area contributed by atoms with E-state index in [9.17, 15) is 4.79 Å². The molecule has 0 spiro atoms. The first-order chi connectivity index (χ1) is 15.2. The van der Waals surface area contributed by atoms with E-state index < -0.39 is 0 Å². The summed E-state index contributed by atoms with van der Waals surface area (Å²) in [6.07, 6.45) is 9.12. The third kappa shape index (κ3) is 5.56. The Balaban J connectivity index is 1.54. The van der Waals surface area contributed by atoms with Gasteiger partial charge >= 0.3 is 0 Å². The topological polar surface area (TPSA) is 49.3 Å². The highest BCUT2D eigenvalue weighted by Crippen LogP contribution is 2.23. The molecule has 0 N–H and O–H groups in total. The third-order valence-corrected chi connectivity index (χ3v) is 5.85. The van der Waals surface area contributed by atoms with Gasteiger partial charge < -0.3 is 4.90 Å². The predicted octanol–water partition coefficient (Wildman–Crippen LogP) is 4.06. The monoisotopic (exact) mass is 414 g/mol. The number of carbonyl (C=O) groups is 1. The van der Waals surface area contributed by atoms with Gasteiger partial charge in [0.25, 0.3) is 0 Å². The standard InChI is InChI=1S/C26H30N4O/c1-2-12-30-14-13-29(19-22-7-4-10-27-17-22)20-25(26(30)31)16-21-6-3-8-23(15-21)24-9-5-11-28-18-24/h3-11,15,17-18,25H,2,12-14,16,19-20H2,1H3/t25-/m0/s1. The Labute approximate surface area is 184 Å². The lowest BCUT2D eigenvalue weighted by Gasteiger charge is -2.24. The second-order valence-electron chi connectivity index (χ2n) is 8.26. The van der Waals surface area contributed by atoms with Gasteiger partial charge in [0, 0.05) is 57.5 Å². The molecule has 4 rings (SSSR count). The van der Waals surface area contributed by atoms with Gasteiger partial charge in [-0.25, -0.2) is 0 Å². The van der Waals surface area contributed by atoms with Gasteiger partial charge in [-0.15, -0.1) is 0 Å². The van der Waals surface area contributed by atoms with Crippen LogP contribution in [0.4, 0.5) is 0 Å². The molecule has 1 aliphatic rings. The molecule has 1 aromatic carbocycles. The van der Waals surface area contributed by atoms with Crippen LogP contribution in [0.3, 0.4) is 0 Å². The second kappa shape index (κ2) is 10.3. The lowest BCUT2D eigenvalue weighted by molar-refractivity contribution is -0.134. The van der Waals surface area contributed by atoms with Gasteiger partial charge in [-0.3, -0.25) is 19.7 Å². The van der Waals surface area contributed by atoms with Crippen molar-refractivity contribution in [2.45, 2.75) is 26.3 Å². The molecule has 1 amide bonds. The summed E-state index contributed by atoms with van der Waals surface area (Å²) in [7, 11) is 0. The largest absolute Gasteiger partial charge is 0.341 e. The summed E-state index contributed by atoms with van der Waals surface area (Å²) < 4.78 is 0. The molecule has 0 unspecified atom stereocenters. The average molecular weight is 415 g/mol. The molecule has 0 saturated carbocycles. The molecule has 160 valence electrons. The van der Waals surface area contributed by atoms with Gasteiger partial charge in [0.2, 0.25) is 5.91 Å². The predicted molar refractivity (Wildman–Crippen MR) is 123 cm³/mol. The maximum Gasteiger partial charge on any atom is 0.227 e. The van der Waals surface area contributed by atoms with E-state index in [1.54, 1.807) is 12.4 Å². The highest BCUT2D eigenvalue weighted by atomic mass is 16.2. The molecule has 0 aliphatic carbocycles. The highest BCUT2D eigenvalue weighted by Gasteiger charge is 2.30. The molecule has 31 heavy (non-hydrogen) atoms. The lowest BCUT2D eigenvalue weighted by Crippen LogP contribution is -2.37. The van der Waals surface area contributed by atoms with Gasteiger partial charge in [-0.1, -0.05) is 43.3 Å². The van der Waals surface area contributed by atoms with Crippen LogP contribution in [0.5, 0.6) is 0 Å². The van der Waals surface area contributed by atoms with Crippen LogP contribution in [0.15, 0.2) is 73.3 Å². The Kier molecular flexibility index (Phi) is 7.05. The Morgan fingerprint density at radius 3 is 2.45 bits per heavy atom. The number of hydrogen-bond acceptors (Lipinski definition) is 4. The number of carbonyl (C=O) groups excluding carboxylic acids is 1. The van der Waals surface area contributed by atoms with E-state index in [0.29, 0.717) is 0 Å². The van der Waals surface area contributed by atoms with Crippen molar-refractivity contribution in [3.8, 4) is 11.1 Å². The molecule has 0 bridgehead atoms. The molecular formula is C26H30N4O. The minimum Gasteiger partial charge on any atom is -0.341 e. The highest BCUT2D eigenvalue weighted by molar-refractivity contribution is 5.80. The van der Waals surface area contributed by atoms with Crippen molar-refractivity contribution in [2.75, 3.05) is 26.2 Å². The number of nitrogens with zero attached hydrogens (tertiary/aromatic N) is 4. The van der Waals surface area contributed by atoms with Crippen LogP contribution in [0, 0.1) is 5.92 Å². The van der Waals surface area contributed by atoms with Crippen LogP contribution >= 0.6 is 0 Å². The molecule has 1 aliphatic heterocycles. The molecule has 1 atom stereocenters. The van der Waals surface area contributed by atoms with Crippen LogP contribution in [-0.2, 0) is 17.8 Å². The maximum absolute atomic E-state index is 13.4. The van der Waals surface area contributed by atoms with Gasteiger partial charge in [0.1, 0.15) is 0 Å². The Bertz CT molecular complexity index is 977. The molecule has 5 heteroatoms. The number of aromatic nitrogens is 2. The smallest absolute Gasteiger partial charge is 0.227 e. The van der Waals surface area contributed by atoms with Gasteiger partial charge in [0.05, 0.1) is 5.92 Å². The Hall–Kier alpha value is -3.05. The van der Waals surface area contributed by atoms with E-state index in [-0.39, 0.29) is 11.8 Å². The summed E-state index contributed by atoms with van der Waals surface area (Å²) in [6.45, 7) is 6.24. The Morgan fingerprint density at radius 2 is 1.71 bits per heavy atom. The molecule has 0 radical (unpaired) electrons. The Morgan fingerprint density at radius 1 is 0.935 bits per heavy atom. The number of amides is 1. The number of hydrogen-bond donors (Lipinski definition) is 0. The van der Waals surface area contributed by atoms with Crippen molar-refractivity contribution in [3.63, 3.8) is 0 Å². The third-order valence-electron chi connectivity index (χ3n) is 5.85. The molecule has 3 heterocycles. The van der Waals surface area contributed by atoms with Crippen molar-refractivity contribution in [3.05, 3.63) is 84.4 Å². The molecule has 5 nitrogen and oxygen atoms in total. The van der Waals surface area contributed by atoms with E-state index in [4.69, 9.17) is 0 Å². The van der Waals surface area contributed by atoms with E-state index >= 15 is 0 Å². The zero-order valence-corrected chi connectivity index (χ0v) is 18.2. The summed E-state index contributed by atoms with van der Waals surface area (Å²) in [5.74, 6) is 0.234. The van der Waals surface area contributed by atoms with Crippen molar-refractivity contribution in [1.82, 2.24) is 19.8 Å². The van der Waals surface area contributed by atoms with Crippen molar-refractivity contribution >= 4 is 5.91 Å². The normalized spacial score (nSPS) is 17.5. The minimum atomic E-state index is -0.0464. The van der Waals surface area contributed by atoms with E-state index in [1.165, 1.54) is 11.1 Å². The minimum absolute atomic E-state index is 0.0464. The quantitative estimate of drug-likeness (QED) is 0.585. The van der Waals surface area contributed by atoms with Crippen molar-refractivity contribution < 1.29 is 4.79 Å². The van der Waals surface area contributed by atoms with Crippen molar-refractivity contribution in [2.24, 2.45) is 5.92 Å². The zero-order valence-electron chi connectivity index (χ0n) is 18.2. The average Bonchev–Trinajstić information content (AvgIpc) is 2.95. The fourth-order valence-corrected chi connectivity index (χ4v) is 4.34. The summed E-state index contributed by atoms with van der Waals surface area (Å²) in [4.78, 5) is 26.3. The fourth-order valence-electron chi connectivity index (χ4n) is 4.34. The summed E-state index contributed by atoms with van der Waals surface area (Å²) in [5.41, 5.74) is 4.63. The van der Waals surface area contributed by atoms with Crippen LogP contribution in [0.1, 0.15) is 24.5 Å². The van der Waals surface area contributed by atoms with Gasteiger partial charge in [0.15, 0.2) is 0 Å². The molecular weight excluding hydrogens is 384 g/mol. The number of pyridine rings is 2. The molecule has 1 fully saturated rings. The summed E-state index contributed by atoms with van der Waals surface area (Å²) in [6, 6.07) is 16.6. The lowest BCUT2D eigenvalue weighted by atomic mass is 9.95. The zero-order chi connectivity index (χ0) is 21.5. The van der Waals surface area contributed by atoms with Gasteiger partial charge in [-0.2, -0.15) is 0 Å². The second-order valence-corrected chi connectivity index (χ2v) is 8.26. The number of benzene rings is 1. The fraction of sp³-hybridized carbons (Fsp3) is 0.346. The van der Waals surface area contributed by atoms with Crippen LogP contribution < -0.4 is 0 Å².